The Morgan fingerprint density at radius 1 is 0.769 bits per heavy atom. The molecule has 0 aliphatic rings. The highest BCUT2D eigenvalue weighted by molar-refractivity contribution is 7.22. The topological polar surface area (TPSA) is 86.5 Å². The van der Waals surface area contributed by atoms with Crippen LogP contribution in [0.15, 0.2) is 127 Å². The van der Waals surface area contributed by atoms with E-state index in [9.17, 15) is 15.2 Å². The highest BCUT2D eigenvalue weighted by atomic mass is 32.1. The minimum atomic E-state index is -1.29. The number of methoxy groups -OCH3 is 1. The van der Waals surface area contributed by atoms with Crippen molar-refractivity contribution < 1.29 is 14.6 Å². The van der Waals surface area contributed by atoms with Gasteiger partial charge in [-0.1, -0.05) is 59.9 Å². The lowest BCUT2D eigenvalue weighted by molar-refractivity contribution is -0.130. The number of rotatable bonds is 8. The van der Waals surface area contributed by atoms with Gasteiger partial charge in [-0.25, -0.2) is 9.78 Å². The molecule has 6 nitrogen and oxygen atoms in total. The summed E-state index contributed by atoms with van der Waals surface area (Å²) in [7, 11) is 1.67. The molecule has 0 amide bonds. The Balaban J connectivity index is 1.13. The van der Waals surface area contributed by atoms with Crippen molar-refractivity contribution in [3.8, 4) is 44.7 Å². The van der Waals surface area contributed by atoms with Crippen LogP contribution in [0.4, 0.5) is 17.1 Å². The van der Waals surface area contributed by atoms with Crippen molar-refractivity contribution in [1.29, 1.82) is 5.26 Å². The van der Waals surface area contributed by atoms with E-state index in [1.54, 1.807) is 35.9 Å². The maximum Gasteiger partial charge on any atom is 0.349 e. The molecule has 0 unspecified atom stereocenters. The summed E-state index contributed by atoms with van der Waals surface area (Å²) in [5.41, 5.74) is 6.38. The first kappa shape index (κ1) is 34.2. The van der Waals surface area contributed by atoms with Gasteiger partial charge in [0.05, 0.1) is 22.2 Å². The molecule has 7 aromatic rings. The third-order valence-electron chi connectivity index (χ3n) is 8.07. The molecule has 7 rings (SSSR count). The first-order chi connectivity index (χ1) is 25.4. The van der Waals surface area contributed by atoms with E-state index in [0.717, 1.165) is 58.0 Å². The number of aromatic nitrogens is 1. The van der Waals surface area contributed by atoms with Gasteiger partial charge >= 0.3 is 5.97 Å². The number of carbonyl (C=O) groups is 1. The Labute approximate surface area is 313 Å². The van der Waals surface area contributed by atoms with Crippen molar-refractivity contribution in [1.82, 2.24) is 4.98 Å². The van der Waals surface area contributed by atoms with E-state index in [1.807, 2.05) is 72.8 Å². The van der Waals surface area contributed by atoms with Crippen LogP contribution in [0.3, 0.4) is 0 Å². The van der Waals surface area contributed by atoms with Crippen LogP contribution in [-0.2, 0) is 4.79 Å². The number of carboxylic acid groups (broad SMARTS) is 1. The summed E-state index contributed by atoms with van der Waals surface area (Å²) in [5, 5.41) is 19.0. The zero-order chi connectivity index (χ0) is 36.0. The number of benzene rings is 4. The van der Waals surface area contributed by atoms with Crippen molar-refractivity contribution in [2.45, 2.75) is 6.92 Å². The van der Waals surface area contributed by atoms with Crippen molar-refractivity contribution in [3.05, 3.63) is 157 Å². The number of carboxylic acids is 1. The molecular formula is C43H29N3O3S3. The number of hydrogen-bond donors (Lipinski definition) is 1. The zero-order valence-corrected chi connectivity index (χ0v) is 30.5. The van der Waals surface area contributed by atoms with Crippen molar-refractivity contribution in [3.63, 3.8) is 0 Å². The zero-order valence-electron chi connectivity index (χ0n) is 28.0. The summed E-state index contributed by atoms with van der Waals surface area (Å²) in [5.74, 6) is 6.19. The van der Waals surface area contributed by atoms with E-state index in [4.69, 9.17) is 4.74 Å². The van der Waals surface area contributed by atoms with Gasteiger partial charge in [-0.2, -0.15) is 5.26 Å². The molecule has 0 atom stereocenters. The first-order valence-corrected chi connectivity index (χ1v) is 18.6. The number of thiazole rings is 1. The molecule has 0 saturated heterocycles. The highest BCUT2D eigenvalue weighted by Crippen LogP contribution is 2.36. The van der Waals surface area contributed by atoms with Gasteiger partial charge in [0, 0.05) is 42.8 Å². The van der Waals surface area contributed by atoms with Gasteiger partial charge in [-0.05, 0) is 97.9 Å². The predicted molar refractivity (Wildman–Crippen MR) is 213 cm³/mol. The van der Waals surface area contributed by atoms with E-state index in [2.05, 4.69) is 89.3 Å². The van der Waals surface area contributed by atoms with Crippen LogP contribution in [0.1, 0.15) is 20.9 Å². The number of nitrogens with zero attached hydrogens (tertiary/aromatic N) is 3. The van der Waals surface area contributed by atoms with Crippen molar-refractivity contribution in [2.75, 3.05) is 12.0 Å². The third-order valence-corrected chi connectivity index (χ3v) is 11.3. The van der Waals surface area contributed by atoms with Gasteiger partial charge in [0.1, 0.15) is 16.5 Å². The summed E-state index contributed by atoms with van der Waals surface area (Å²) in [6.07, 6.45) is 2.00. The van der Waals surface area contributed by atoms with Crippen LogP contribution in [0.25, 0.3) is 32.7 Å². The number of aryl methyl sites for hydroxylation is 1. The molecule has 252 valence electrons. The Morgan fingerprint density at radius 3 is 2.06 bits per heavy atom. The summed E-state index contributed by atoms with van der Waals surface area (Å²) in [6, 6.07) is 44.4. The minimum Gasteiger partial charge on any atom is -0.497 e. The quantitative estimate of drug-likeness (QED) is 0.157. The Hall–Kier alpha value is -6.23. The monoisotopic (exact) mass is 731 g/mol. The standard InChI is InChI=1S/C43H29N3O3S3/c1-28-8-13-31(14-9-28)46(33-17-19-34(49-2)20-18-33)32-15-10-29(11-16-32)12-21-35-22-24-38(50-35)39-25-23-36(51-39)26-40-41(30-6-4-3-5-7-30)45-42(52-40)37(27-44)43(47)48/h3-11,13-20,22-26H,1-2H3,(H,47,48)/b40-26+,42-37-. The third kappa shape index (κ3) is 7.58. The maximum atomic E-state index is 11.7. The van der Waals surface area contributed by atoms with Gasteiger partial charge in [-0.15, -0.1) is 34.0 Å². The Morgan fingerprint density at radius 2 is 1.40 bits per heavy atom. The Bertz CT molecular complexity index is 2600. The lowest BCUT2D eigenvalue weighted by atomic mass is 10.1. The summed E-state index contributed by atoms with van der Waals surface area (Å²) in [6.45, 7) is 2.08. The highest BCUT2D eigenvalue weighted by Gasteiger charge is 2.15. The SMILES string of the molecule is COc1ccc(N(c2ccc(C)cc2)c2ccc(C#Cc3ccc(-c4ccc(/C=c5/s/c(=C(/C#N)C(=O)O)nc5-c5ccccc5)s4)s3)cc2)cc1. The molecule has 0 bridgehead atoms. The van der Waals surface area contributed by atoms with E-state index >= 15 is 0 Å². The molecule has 9 heteroatoms. The van der Waals surface area contributed by atoms with E-state index in [1.165, 1.54) is 16.9 Å². The van der Waals surface area contributed by atoms with Crippen LogP contribution in [0.5, 0.6) is 5.75 Å². The van der Waals surface area contributed by atoms with Gasteiger partial charge in [0.15, 0.2) is 5.57 Å². The molecule has 1 N–H and O–H groups in total. The molecular weight excluding hydrogens is 703 g/mol. The van der Waals surface area contributed by atoms with Gasteiger partial charge in [-0.3, -0.25) is 0 Å². The Kier molecular flexibility index (Phi) is 10.1. The van der Waals surface area contributed by atoms with E-state index < -0.39 is 5.97 Å². The molecule has 0 saturated carbocycles. The molecule has 0 spiro atoms. The molecule has 4 aromatic carbocycles. The fourth-order valence-corrected chi connectivity index (χ4v) is 8.46. The van der Waals surface area contributed by atoms with Crippen molar-refractivity contribution in [2.24, 2.45) is 0 Å². The van der Waals surface area contributed by atoms with Crippen LogP contribution in [0, 0.1) is 30.1 Å². The number of aliphatic carboxylic acids is 1. The fraction of sp³-hybridized carbons (Fsp3) is 0.0465. The normalized spacial score (nSPS) is 11.7. The average molecular weight is 732 g/mol. The van der Waals surface area contributed by atoms with Crippen LogP contribution in [-0.4, -0.2) is 23.2 Å². The number of thiophene rings is 2. The number of nitriles is 1. The van der Waals surface area contributed by atoms with E-state index in [-0.39, 0.29) is 10.2 Å². The molecule has 3 heterocycles. The molecule has 0 aliphatic carbocycles. The van der Waals surface area contributed by atoms with Gasteiger partial charge in [0.25, 0.3) is 0 Å². The lowest BCUT2D eigenvalue weighted by Gasteiger charge is -2.25. The fourth-order valence-electron chi connectivity index (χ4n) is 5.46. The average Bonchev–Trinajstić information content (AvgIpc) is 3.94. The molecule has 0 fully saturated rings. The smallest absolute Gasteiger partial charge is 0.349 e. The molecule has 0 aliphatic heterocycles. The number of anilines is 3. The van der Waals surface area contributed by atoms with Crippen molar-refractivity contribution >= 4 is 68.7 Å². The molecule has 52 heavy (non-hydrogen) atoms. The second-order valence-electron chi connectivity index (χ2n) is 11.6. The summed E-state index contributed by atoms with van der Waals surface area (Å²) >= 11 is 4.47. The van der Waals surface area contributed by atoms with Crippen LogP contribution in [0.2, 0.25) is 0 Å². The van der Waals surface area contributed by atoms with E-state index in [0.29, 0.717) is 5.69 Å². The summed E-state index contributed by atoms with van der Waals surface area (Å²) in [4.78, 5) is 22.6. The maximum absolute atomic E-state index is 11.7. The predicted octanol–water partition coefficient (Wildman–Crippen LogP) is 9.37. The van der Waals surface area contributed by atoms with Crippen LogP contribution >= 0.6 is 34.0 Å². The lowest BCUT2D eigenvalue weighted by Crippen LogP contribution is -2.11. The number of ether oxygens (including phenoxy) is 1. The largest absolute Gasteiger partial charge is 0.497 e. The van der Waals surface area contributed by atoms with Gasteiger partial charge in [0.2, 0.25) is 0 Å². The molecule has 3 aromatic heterocycles. The first-order valence-electron chi connectivity index (χ1n) is 16.1. The van der Waals surface area contributed by atoms with Crippen LogP contribution < -0.4 is 18.8 Å². The number of hydrogen-bond acceptors (Lipinski definition) is 8. The molecule has 0 radical (unpaired) electrons. The minimum absolute atomic E-state index is 0.189. The summed E-state index contributed by atoms with van der Waals surface area (Å²) < 4.78 is 6.36. The second-order valence-corrected chi connectivity index (χ2v) is 14.8. The van der Waals surface area contributed by atoms with Gasteiger partial charge < -0.3 is 14.7 Å². The second kappa shape index (κ2) is 15.3.